The molecule has 2 N–H and O–H groups in total. The molecule has 0 radical (unpaired) electrons. The van der Waals surface area contributed by atoms with E-state index in [1.165, 1.54) is 6.92 Å². The Balaban J connectivity index is 1.63. The molecule has 0 unspecified atom stereocenters. The summed E-state index contributed by atoms with van der Waals surface area (Å²) in [5.74, 6) is 0.0681. The van der Waals surface area contributed by atoms with E-state index in [0.29, 0.717) is 22.5 Å². The summed E-state index contributed by atoms with van der Waals surface area (Å²) in [5, 5.41) is 5.22. The van der Waals surface area contributed by atoms with Crippen molar-refractivity contribution in [3.63, 3.8) is 0 Å². The topological polar surface area (TPSA) is 93.5 Å². The third kappa shape index (κ3) is 4.18. The largest absolute Gasteiger partial charge is 0.484 e. The van der Waals surface area contributed by atoms with Gasteiger partial charge in [-0.3, -0.25) is 14.9 Å². The number of ether oxygens (including phenoxy) is 1. The number of hydrogen-bond donors (Lipinski definition) is 2. The Morgan fingerprint density at radius 3 is 2.62 bits per heavy atom. The number of rotatable bonds is 5. The minimum atomic E-state index is -0.378. The van der Waals surface area contributed by atoms with Crippen molar-refractivity contribution in [2.75, 3.05) is 17.2 Å². The van der Waals surface area contributed by atoms with E-state index in [9.17, 15) is 9.59 Å². The van der Waals surface area contributed by atoms with E-state index >= 15 is 0 Å². The van der Waals surface area contributed by atoms with Crippen molar-refractivity contribution in [2.24, 2.45) is 0 Å². The fourth-order valence-electron chi connectivity index (χ4n) is 2.37. The highest BCUT2D eigenvalue weighted by Crippen LogP contribution is 2.22. The summed E-state index contributed by atoms with van der Waals surface area (Å²) in [5.41, 5.74) is 3.88. The minimum Gasteiger partial charge on any atom is -0.484 e. The summed E-state index contributed by atoms with van der Waals surface area (Å²) >= 11 is 0. The molecule has 2 amide bonds. The van der Waals surface area contributed by atoms with Crippen LogP contribution in [-0.2, 0) is 9.59 Å². The van der Waals surface area contributed by atoms with E-state index in [0.717, 1.165) is 11.1 Å². The molecule has 134 valence electrons. The van der Waals surface area contributed by atoms with Gasteiger partial charge in [-0.05, 0) is 49.2 Å². The van der Waals surface area contributed by atoms with Gasteiger partial charge in [-0.1, -0.05) is 6.07 Å². The number of amides is 2. The number of aryl methyl sites for hydroxylation is 2. The van der Waals surface area contributed by atoms with E-state index in [1.807, 2.05) is 32.0 Å². The van der Waals surface area contributed by atoms with Crippen LogP contribution >= 0.6 is 0 Å². The number of oxazole rings is 1. The molecule has 1 heterocycles. The Morgan fingerprint density at radius 1 is 1.08 bits per heavy atom. The highest BCUT2D eigenvalue weighted by atomic mass is 16.5. The molecule has 7 nitrogen and oxygen atoms in total. The monoisotopic (exact) mass is 353 g/mol. The van der Waals surface area contributed by atoms with Crippen molar-refractivity contribution in [2.45, 2.75) is 20.8 Å². The molecule has 0 aliphatic carbocycles. The van der Waals surface area contributed by atoms with Gasteiger partial charge < -0.3 is 14.5 Å². The predicted molar refractivity (Wildman–Crippen MR) is 98.4 cm³/mol. The number of hydrogen-bond acceptors (Lipinski definition) is 5. The summed E-state index contributed by atoms with van der Waals surface area (Å²) in [6.07, 6.45) is 0. The fraction of sp³-hybridized carbons (Fsp3) is 0.211. The van der Waals surface area contributed by atoms with Gasteiger partial charge in [-0.25, -0.2) is 0 Å². The van der Waals surface area contributed by atoms with Crippen molar-refractivity contribution in [1.82, 2.24) is 4.98 Å². The lowest BCUT2D eigenvalue weighted by Crippen LogP contribution is -2.20. The van der Waals surface area contributed by atoms with Crippen LogP contribution in [0.2, 0.25) is 0 Å². The number of nitrogens with one attached hydrogen (secondary N) is 2. The Kier molecular flexibility index (Phi) is 4.88. The van der Waals surface area contributed by atoms with Crippen LogP contribution in [0.3, 0.4) is 0 Å². The third-order valence-corrected chi connectivity index (χ3v) is 3.80. The first-order valence-electron chi connectivity index (χ1n) is 8.09. The van der Waals surface area contributed by atoms with Crippen LogP contribution in [-0.4, -0.2) is 23.4 Å². The number of benzene rings is 2. The van der Waals surface area contributed by atoms with Gasteiger partial charge in [-0.2, -0.15) is 4.98 Å². The van der Waals surface area contributed by atoms with E-state index in [-0.39, 0.29) is 24.4 Å². The molecule has 0 atom stereocenters. The van der Waals surface area contributed by atoms with Crippen molar-refractivity contribution < 1.29 is 18.7 Å². The Labute approximate surface area is 150 Å². The van der Waals surface area contributed by atoms with Crippen LogP contribution in [0.15, 0.2) is 40.8 Å². The molecule has 0 spiro atoms. The summed E-state index contributed by atoms with van der Waals surface area (Å²) < 4.78 is 11.0. The summed E-state index contributed by atoms with van der Waals surface area (Å²) in [4.78, 5) is 27.3. The van der Waals surface area contributed by atoms with E-state index in [1.54, 1.807) is 18.2 Å². The zero-order chi connectivity index (χ0) is 18.7. The lowest BCUT2D eigenvalue weighted by Gasteiger charge is -2.07. The lowest BCUT2D eigenvalue weighted by atomic mass is 10.1. The Bertz CT molecular complexity index is 978. The number of anilines is 2. The van der Waals surface area contributed by atoms with Gasteiger partial charge >= 0.3 is 6.01 Å². The molecular weight excluding hydrogens is 334 g/mol. The minimum absolute atomic E-state index is 0.0775. The van der Waals surface area contributed by atoms with Crippen LogP contribution in [0, 0.1) is 13.8 Å². The average molecular weight is 353 g/mol. The van der Waals surface area contributed by atoms with Gasteiger partial charge in [0.15, 0.2) is 12.2 Å². The lowest BCUT2D eigenvalue weighted by molar-refractivity contribution is -0.118. The molecule has 3 aromatic rings. The van der Waals surface area contributed by atoms with E-state index in [2.05, 4.69) is 15.6 Å². The Morgan fingerprint density at radius 2 is 1.88 bits per heavy atom. The van der Waals surface area contributed by atoms with Gasteiger partial charge in [0.05, 0.1) is 0 Å². The molecule has 0 aliphatic rings. The zero-order valence-electron chi connectivity index (χ0n) is 14.8. The van der Waals surface area contributed by atoms with Crippen LogP contribution in [0.1, 0.15) is 18.1 Å². The smallest absolute Gasteiger partial charge is 0.302 e. The standard InChI is InChI=1S/C19H19N3O4/c1-11-4-6-15(8-12(11)2)25-10-18(24)22-19-21-16-7-5-14(20-13(3)23)9-17(16)26-19/h4-9H,10H2,1-3H3,(H,20,23)(H,21,22,24). The van der Waals surface area contributed by atoms with Gasteiger partial charge in [0, 0.05) is 18.7 Å². The predicted octanol–water partition coefficient (Wildman–Crippen LogP) is 3.42. The number of fused-ring (bicyclic) bond motifs is 1. The van der Waals surface area contributed by atoms with E-state index < -0.39 is 0 Å². The van der Waals surface area contributed by atoms with Crippen LogP contribution < -0.4 is 15.4 Å². The summed E-state index contributed by atoms with van der Waals surface area (Å²) in [6.45, 7) is 5.26. The number of carbonyl (C=O) groups excluding carboxylic acids is 2. The second kappa shape index (κ2) is 7.26. The van der Waals surface area contributed by atoms with Gasteiger partial charge in [0.25, 0.3) is 5.91 Å². The number of aromatic nitrogens is 1. The van der Waals surface area contributed by atoms with Crippen molar-refractivity contribution >= 4 is 34.6 Å². The highest BCUT2D eigenvalue weighted by Gasteiger charge is 2.11. The van der Waals surface area contributed by atoms with Crippen LogP contribution in [0.4, 0.5) is 11.7 Å². The fourth-order valence-corrected chi connectivity index (χ4v) is 2.37. The second-order valence-corrected chi connectivity index (χ2v) is 5.97. The van der Waals surface area contributed by atoms with Gasteiger partial charge in [-0.15, -0.1) is 0 Å². The molecule has 26 heavy (non-hydrogen) atoms. The Hall–Kier alpha value is -3.35. The van der Waals surface area contributed by atoms with Crippen molar-refractivity contribution in [3.05, 3.63) is 47.5 Å². The number of nitrogens with zero attached hydrogens (tertiary/aromatic N) is 1. The molecule has 0 saturated carbocycles. The second-order valence-electron chi connectivity index (χ2n) is 5.97. The first kappa shape index (κ1) is 17.5. The number of carbonyl (C=O) groups is 2. The third-order valence-electron chi connectivity index (χ3n) is 3.80. The summed E-state index contributed by atoms with van der Waals surface area (Å²) in [7, 11) is 0. The van der Waals surface area contributed by atoms with E-state index in [4.69, 9.17) is 9.15 Å². The molecule has 2 aromatic carbocycles. The molecule has 0 aliphatic heterocycles. The van der Waals surface area contributed by atoms with Crippen LogP contribution in [0.25, 0.3) is 11.1 Å². The quantitative estimate of drug-likeness (QED) is 0.733. The molecule has 0 fully saturated rings. The van der Waals surface area contributed by atoms with Crippen molar-refractivity contribution in [1.29, 1.82) is 0 Å². The molecule has 0 bridgehead atoms. The highest BCUT2D eigenvalue weighted by molar-refractivity contribution is 5.93. The maximum Gasteiger partial charge on any atom is 0.302 e. The first-order chi connectivity index (χ1) is 12.4. The van der Waals surface area contributed by atoms with Gasteiger partial charge in [0.1, 0.15) is 11.3 Å². The SMILES string of the molecule is CC(=O)Nc1ccc2nc(NC(=O)COc3ccc(C)c(C)c3)oc2c1. The zero-order valence-corrected chi connectivity index (χ0v) is 14.8. The summed E-state index contributed by atoms with van der Waals surface area (Å²) in [6, 6.07) is 10.8. The maximum absolute atomic E-state index is 12.0. The average Bonchev–Trinajstić information content (AvgIpc) is 2.96. The molecule has 7 heteroatoms. The van der Waals surface area contributed by atoms with Crippen LogP contribution in [0.5, 0.6) is 5.75 Å². The molecule has 1 aromatic heterocycles. The maximum atomic E-state index is 12.0. The van der Waals surface area contributed by atoms with Gasteiger partial charge in [0.2, 0.25) is 5.91 Å². The molecular formula is C19H19N3O4. The van der Waals surface area contributed by atoms with Crippen molar-refractivity contribution in [3.8, 4) is 5.75 Å². The molecule has 0 saturated heterocycles. The first-order valence-corrected chi connectivity index (χ1v) is 8.09. The molecule has 3 rings (SSSR count). The normalized spacial score (nSPS) is 10.6.